The molecule has 1 rings (SSSR count). The molecule has 0 aliphatic heterocycles. The number of nitroso groups, excluding NO2 is 1. The van der Waals surface area contributed by atoms with E-state index in [2.05, 4.69) is 5.18 Å². The van der Waals surface area contributed by atoms with Crippen LogP contribution in [-0.4, -0.2) is 36.5 Å². The number of aliphatic hydroxyl groups excluding tert-OH is 2. The summed E-state index contributed by atoms with van der Waals surface area (Å²) in [6, 6.07) is 3.68. The highest BCUT2D eigenvalue weighted by Gasteiger charge is 2.10. The van der Waals surface area contributed by atoms with Crippen molar-refractivity contribution in [3.8, 4) is 0 Å². The molecule has 0 fully saturated rings. The molecule has 0 atom stereocenters. The predicted octanol–water partition coefficient (Wildman–Crippen LogP) is 1.49. The minimum atomic E-state index is 0.0196. The summed E-state index contributed by atoms with van der Waals surface area (Å²) in [7, 11) is 0. The van der Waals surface area contributed by atoms with Crippen molar-refractivity contribution in [1.29, 1.82) is 0 Å². The molecule has 5 nitrogen and oxygen atoms in total. The molecule has 0 aromatic heterocycles. The summed E-state index contributed by atoms with van der Waals surface area (Å²) in [5, 5.41) is 20.9. The largest absolute Gasteiger partial charge is 0.395 e. The van der Waals surface area contributed by atoms with E-state index < -0.39 is 0 Å². The van der Waals surface area contributed by atoms with Crippen molar-refractivity contribution in [2.45, 2.75) is 13.8 Å². The van der Waals surface area contributed by atoms with Crippen LogP contribution in [0.2, 0.25) is 0 Å². The van der Waals surface area contributed by atoms with Gasteiger partial charge in [-0.15, -0.1) is 4.91 Å². The SMILES string of the molecule is Cc1cc(N(CCO)CCO)cc(C)c1N=O. The lowest BCUT2D eigenvalue weighted by Crippen LogP contribution is -2.29. The second-order valence-electron chi connectivity index (χ2n) is 3.95. The molecular weight excluding hydrogens is 220 g/mol. The van der Waals surface area contributed by atoms with E-state index in [1.807, 2.05) is 30.9 Å². The van der Waals surface area contributed by atoms with Gasteiger partial charge in [0, 0.05) is 18.8 Å². The number of rotatable bonds is 6. The smallest absolute Gasteiger partial charge is 0.113 e. The van der Waals surface area contributed by atoms with Crippen LogP contribution < -0.4 is 4.90 Å². The summed E-state index contributed by atoms with van der Waals surface area (Å²) in [5.41, 5.74) is 2.95. The molecule has 0 aliphatic rings. The van der Waals surface area contributed by atoms with E-state index in [1.165, 1.54) is 0 Å². The average Bonchev–Trinajstić information content (AvgIpc) is 2.28. The first-order valence-corrected chi connectivity index (χ1v) is 5.55. The van der Waals surface area contributed by atoms with Crippen molar-refractivity contribution in [2.24, 2.45) is 5.18 Å². The quantitative estimate of drug-likeness (QED) is 0.736. The molecule has 17 heavy (non-hydrogen) atoms. The van der Waals surface area contributed by atoms with Crippen molar-refractivity contribution < 1.29 is 10.2 Å². The average molecular weight is 238 g/mol. The summed E-state index contributed by atoms with van der Waals surface area (Å²) in [4.78, 5) is 12.5. The van der Waals surface area contributed by atoms with Crippen molar-refractivity contribution in [3.05, 3.63) is 28.2 Å². The van der Waals surface area contributed by atoms with Crippen LogP contribution in [0, 0.1) is 18.8 Å². The van der Waals surface area contributed by atoms with E-state index in [9.17, 15) is 4.91 Å². The molecule has 0 unspecified atom stereocenters. The van der Waals surface area contributed by atoms with E-state index in [1.54, 1.807) is 0 Å². The first-order chi connectivity index (χ1) is 8.13. The van der Waals surface area contributed by atoms with Gasteiger partial charge in [0.1, 0.15) is 5.69 Å². The Morgan fingerprint density at radius 1 is 1.12 bits per heavy atom. The Hall–Kier alpha value is -1.46. The molecule has 0 saturated heterocycles. The maximum atomic E-state index is 10.6. The van der Waals surface area contributed by atoms with E-state index in [4.69, 9.17) is 10.2 Å². The molecule has 0 saturated carbocycles. The molecular formula is C12H18N2O3. The van der Waals surface area contributed by atoms with E-state index in [-0.39, 0.29) is 13.2 Å². The van der Waals surface area contributed by atoms with E-state index >= 15 is 0 Å². The van der Waals surface area contributed by atoms with Gasteiger partial charge in [0.2, 0.25) is 0 Å². The van der Waals surface area contributed by atoms with Gasteiger partial charge in [0.25, 0.3) is 0 Å². The van der Waals surface area contributed by atoms with Crippen LogP contribution in [0.15, 0.2) is 17.3 Å². The van der Waals surface area contributed by atoms with Crippen LogP contribution in [0.25, 0.3) is 0 Å². The van der Waals surface area contributed by atoms with Crippen LogP contribution in [-0.2, 0) is 0 Å². The standard InChI is InChI=1S/C12H18N2O3/c1-9-7-11(8-10(2)12(9)13-17)14(3-5-15)4-6-16/h7-8,15-16H,3-6H2,1-2H3. The third-order valence-corrected chi connectivity index (χ3v) is 2.67. The van der Waals surface area contributed by atoms with Crippen molar-refractivity contribution in [3.63, 3.8) is 0 Å². The number of hydrogen-bond donors (Lipinski definition) is 2. The van der Waals surface area contributed by atoms with Gasteiger partial charge in [-0.25, -0.2) is 0 Å². The van der Waals surface area contributed by atoms with Gasteiger partial charge in [0.05, 0.1) is 13.2 Å². The molecule has 5 heteroatoms. The zero-order valence-electron chi connectivity index (χ0n) is 10.2. The van der Waals surface area contributed by atoms with Crippen LogP contribution >= 0.6 is 0 Å². The monoisotopic (exact) mass is 238 g/mol. The van der Waals surface area contributed by atoms with Gasteiger partial charge in [-0.3, -0.25) is 0 Å². The van der Waals surface area contributed by atoms with E-state index in [0.717, 1.165) is 16.8 Å². The van der Waals surface area contributed by atoms with Crippen molar-refractivity contribution in [2.75, 3.05) is 31.2 Å². The fraction of sp³-hybridized carbons (Fsp3) is 0.500. The van der Waals surface area contributed by atoms with Gasteiger partial charge >= 0.3 is 0 Å². The van der Waals surface area contributed by atoms with E-state index in [0.29, 0.717) is 18.8 Å². The molecule has 0 heterocycles. The normalized spacial score (nSPS) is 10.4. The Balaban J connectivity index is 3.07. The third kappa shape index (κ3) is 3.25. The zero-order chi connectivity index (χ0) is 12.8. The number of aryl methyl sites for hydroxylation is 2. The zero-order valence-corrected chi connectivity index (χ0v) is 10.2. The molecule has 0 bridgehead atoms. The summed E-state index contributed by atoms with van der Waals surface area (Å²) in [6.45, 7) is 4.59. The third-order valence-electron chi connectivity index (χ3n) is 2.67. The molecule has 1 aromatic carbocycles. The topological polar surface area (TPSA) is 73.1 Å². The number of anilines is 1. The summed E-state index contributed by atoms with van der Waals surface area (Å²) >= 11 is 0. The maximum absolute atomic E-state index is 10.6. The fourth-order valence-corrected chi connectivity index (χ4v) is 1.87. The summed E-state index contributed by atoms with van der Waals surface area (Å²) in [6.07, 6.45) is 0. The lowest BCUT2D eigenvalue weighted by atomic mass is 10.1. The van der Waals surface area contributed by atoms with Crippen LogP contribution in [0.5, 0.6) is 0 Å². The molecule has 94 valence electrons. The predicted molar refractivity (Wildman–Crippen MR) is 67.8 cm³/mol. The molecule has 1 aromatic rings. The van der Waals surface area contributed by atoms with Crippen LogP contribution in [0.1, 0.15) is 11.1 Å². The molecule has 0 spiro atoms. The van der Waals surface area contributed by atoms with Crippen LogP contribution in [0.4, 0.5) is 11.4 Å². The van der Waals surface area contributed by atoms with Crippen LogP contribution in [0.3, 0.4) is 0 Å². The minimum absolute atomic E-state index is 0.0196. The van der Waals surface area contributed by atoms with Gasteiger partial charge in [-0.05, 0) is 42.3 Å². The van der Waals surface area contributed by atoms with Gasteiger partial charge in [-0.2, -0.15) is 0 Å². The highest BCUT2D eigenvalue weighted by molar-refractivity contribution is 5.62. The van der Waals surface area contributed by atoms with Gasteiger partial charge < -0.3 is 15.1 Å². The Morgan fingerprint density at radius 2 is 1.59 bits per heavy atom. The molecule has 2 N–H and O–H groups in total. The lowest BCUT2D eigenvalue weighted by molar-refractivity contribution is 0.281. The summed E-state index contributed by atoms with van der Waals surface area (Å²) < 4.78 is 0. The second-order valence-corrected chi connectivity index (χ2v) is 3.95. The first kappa shape index (κ1) is 13.6. The number of benzene rings is 1. The lowest BCUT2D eigenvalue weighted by Gasteiger charge is -2.24. The fourth-order valence-electron chi connectivity index (χ4n) is 1.87. The first-order valence-electron chi connectivity index (χ1n) is 5.55. The Bertz CT molecular complexity index is 364. The Morgan fingerprint density at radius 3 is 1.94 bits per heavy atom. The Labute approximate surface area is 101 Å². The highest BCUT2D eigenvalue weighted by atomic mass is 16.3. The second kappa shape index (κ2) is 6.32. The maximum Gasteiger partial charge on any atom is 0.113 e. The molecule has 0 aliphatic carbocycles. The number of hydrogen-bond acceptors (Lipinski definition) is 5. The number of aliphatic hydroxyl groups is 2. The van der Waals surface area contributed by atoms with Gasteiger partial charge in [-0.1, -0.05) is 0 Å². The highest BCUT2D eigenvalue weighted by Crippen LogP contribution is 2.28. The van der Waals surface area contributed by atoms with Crippen molar-refractivity contribution in [1.82, 2.24) is 0 Å². The summed E-state index contributed by atoms with van der Waals surface area (Å²) in [5.74, 6) is 0. The minimum Gasteiger partial charge on any atom is -0.395 e. The van der Waals surface area contributed by atoms with Gasteiger partial charge in [0.15, 0.2) is 0 Å². The molecule has 0 amide bonds. The Kier molecular flexibility index (Phi) is 5.06. The van der Waals surface area contributed by atoms with Crippen molar-refractivity contribution >= 4 is 11.4 Å². The number of nitrogens with zero attached hydrogens (tertiary/aromatic N) is 2. The molecule has 0 radical (unpaired) electrons.